The summed E-state index contributed by atoms with van der Waals surface area (Å²) in [6.45, 7) is 5.10. The molecule has 5 nitrogen and oxygen atoms in total. The van der Waals surface area contributed by atoms with Crippen LogP contribution in [0.5, 0.6) is 0 Å². The minimum atomic E-state index is -3.05. The van der Waals surface area contributed by atoms with E-state index in [1.165, 1.54) is 0 Å². The van der Waals surface area contributed by atoms with Crippen LogP contribution in [0.4, 0.5) is 0 Å². The monoisotopic (exact) mass is 299 g/mol. The zero-order valence-corrected chi connectivity index (χ0v) is 12.5. The Labute approximate surface area is 118 Å². The summed E-state index contributed by atoms with van der Waals surface area (Å²) in [6, 6.07) is 4.03. The molecule has 0 aromatic carbocycles. The highest BCUT2D eigenvalue weighted by Gasteiger charge is 2.25. The number of rotatable bonds is 4. The van der Waals surface area contributed by atoms with Crippen LogP contribution in [0.15, 0.2) is 11.4 Å². The van der Waals surface area contributed by atoms with E-state index in [0.717, 1.165) is 24.5 Å². The van der Waals surface area contributed by atoms with E-state index < -0.39 is 10.0 Å². The van der Waals surface area contributed by atoms with Gasteiger partial charge in [-0.1, -0.05) is 0 Å². The van der Waals surface area contributed by atoms with Crippen molar-refractivity contribution in [3.05, 3.63) is 21.9 Å². The van der Waals surface area contributed by atoms with Gasteiger partial charge in [0.2, 0.25) is 10.0 Å². The van der Waals surface area contributed by atoms with Crippen molar-refractivity contribution in [1.29, 1.82) is 5.26 Å². The maximum atomic E-state index is 11.7. The van der Waals surface area contributed by atoms with Crippen LogP contribution in [0.2, 0.25) is 0 Å². The average Bonchev–Trinajstić information content (AvgIpc) is 2.87. The summed E-state index contributed by atoms with van der Waals surface area (Å²) in [5.41, 5.74) is 0.701. The predicted molar refractivity (Wildman–Crippen MR) is 75.3 cm³/mol. The first-order valence-corrected chi connectivity index (χ1v) is 8.71. The molecule has 0 saturated carbocycles. The van der Waals surface area contributed by atoms with Crippen molar-refractivity contribution in [2.45, 2.75) is 13.5 Å². The normalized spacial score (nSPS) is 18.3. The van der Waals surface area contributed by atoms with Gasteiger partial charge in [-0.15, -0.1) is 11.3 Å². The summed E-state index contributed by atoms with van der Waals surface area (Å²) in [4.78, 5) is 3.39. The molecule has 0 unspecified atom stereocenters. The smallest absolute Gasteiger partial charge is 0.213 e. The lowest BCUT2D eigenvalue weighted by Gasteiger charge is -2.33. The van der Waals surface area contributed by atoms with E-state index in [1.807, 2.05) is 11.4 Å². The van der Waals surface area contributed by atoms with E-state index in [4.69, 9.17) is 5.26 Å². The number of nitrogens with zero attached hydrogens (tertiary/aromatic N) is 3. The van der Waals surface area contributed by atoms with E-state index >= 15 is 0 Å². The van der Waals surface area contributed by atoms with E-state index in [9.17, 15) is 8.42 Å². The van der Waals surface area contributed by atoms with E-state index in [-0.39, 0.29) is 5.75 Å². The topological polar surface area (TPSA) is 64.4 Å². The number of thiophene rings is 1. The molecule has 19 heavy (non-hydrogen) atoms. The van der Waals surface area contributed by atoms with Crippen molar-refractivity contribution in [2.75, 3.05) is 31.9 Å². The fourth-order valence-corrected chi connectivity index (χ4v) is 4.03. The van der Waals surface area contributed by atoms with E-state index in [0.29, 0.717) is 18.7 Å². The quantitative estimate of drug-likeness (QED) is 0.835. The zero-order valence-electron chi connectivity index (χ0n) is 10.9. The minimum absolute atomic E-state index is 0.170. The number of nitriles is 1. The van der Waals surface area contributed by atoms with E-state index in [1.54, 1.807) is 22.6 Å². The molecule has 1 aliphatic heterocycles. The standard InChI is InChI=1S/C12H17N3O2S2/c1-2-19(16,17)15-5-3-14(4-6-15)9-12-7-11(8-13)10-18-12/h7,10H,2-6,9H2,1H3. The van der Waals surface area contributed by atoms with Gasteiger partial charge in [0.15, 0.2) is 0 Å². The van der Waals surface area contributed by atoms with Crippen LogP contribution in [0.25, 0.3) is 0 Å². The molecule has 1 aliphatic rings. The van der Waals surface area contributed by atoms with Crippen LogP contribution >= 0.6 is 11.3 Å². The molecule has 1 aromatic heterocycles. The second-order valence-corrected chi connectivity index (χ2v) is 7.74. The van der Waals surface area contributed by atoms with Gasteiger partial charge in [0.25, 0.3) is 0 Å². The molecule has 1 aromatic rings. The molecule has 1 saturated heterocycles. The Morgan fingerprint density at radius 3 is 2.58 bits per heavy atom. The summed E-state index contributed by atoms with van der Waals surface area (Å²) in [7, 11) is -3.05. The highest BCUT2D eigenvalue weighted by atomic mass is 32.2. The Bertz CT molecular complexity index is 566. The molecular formula is C12H17N3O2S2. The van der Waals surface area contributed by atoms with Gasteiger partial charge in [0.05, 0.1) is 11.3 Å². The maximum Gasteiger partial charge on any atom is 0.213 e. The first kappa shape index (κ1) is 14.5. The minimum Gasteiger partial charge on any atom is -0.296 e. The molecule has 0 aliphatic carbocycles. The van der Waals surface area contributed by atoms with Gasteiger partial charge in [0.1, 0.15) is 6.07 Å². The third kappa shape index (κ3) is 3.54. The van der Waals surface area contributed by atoms with E-state index in [2.05, 4.69) is 11.0 Å². The summed E-state index contributed by atoms with van der Waals surface area (Å²) < 4.78 is 25.0. The summed E-state index contributed by atoms with van der Waals surface area (Å²) >= 11 is 1.58. The maximum absolute atomic E-state index is 11.7. The van der Waals surface area contributed by atoms with Crippen LogP contribution in [-0.2, 0) is 16.6 Å². The third-order valence-corrected chi connectivity index (χ3v) is 6.05. The van der Waals surface area contributed by atoms with Crippen molar-refractivity contribution in [2.24, 2.45) is 0 Å². The Morgan fingerprint density at radius 1 is 1.37 bits per heavy atom. The van der Waals surface area contributed by atoms with Crippen molar-refractivity contribution < 1.29 is 8.42 Å². The molecule has 0 radical (unpaired) electrons. The fourth-order valence-electron chi connectivity index (χ4n) is 2.09. The average molecular weight is 299 g/mol. The zero-order chi connectivity index (χ0) is 13.9. The lowest BCUT2D eigenvalue weighted by molar-refractivity contribution is 0.183. The molecule has 0 amide bonds. The van der Waals surface area contributed by atoms with Crippen LogP contribution in [0, 0.1) is 11.3 Å². The number of piperazine rings is 1. The van der Waals surface area contributed by atoms with Crippen LogP contribution in [0.3, 0.4) is 0 Å². The van der Waals surface area contributed by atoms with Gasteiger partial charge in [-0.25, -0.2) is 8.42 Å². The molecule has 0 bridgehead atoms. The second-order valence-electron chi connectivity index (χ2n) is 4.49. The Balaban J connectivity index is 1.89. The highest BCUT2D eigenvalue weighted by Crippen LogP contribution is 2.17. The SMILES string of the molecule is CCS(=O)(=O)N1CCN(Cc2cc(C#N)cs2)CC1. The molecular weight excluding hydrogens is 282 g/mol. The van der Waals surface area contributed by atoms with Gasteiger partial charge < -0.3 is 0 Å². The number of hydrogen-bond acceptors (Lipinski definition) is 5. The largest absolute Gasteiger partial charge is 0.296 e. The molecule has 0 atom stereocenters. The van der Waals surface area contributed by atoms with Crippen molar-refractivity contribution in [3.63, 3.8) is 0 Å². The summed E-state index contributed by atoms with van der Waals surface area (Å²) in [5, 5.41) is 10.6. The lowest BCUT2D eigenvalue weighted by Crippen LogP contribution is -2.48. The Hall–Kier alpha value is -0.940. The number of hydrogen-bond donors (Lipinski definition) is 0. The van der Waals surface area contributed by atoms with Crippen molar-refractivity contribution >= 4 is 21.4 Å². The first-order valence-electron chi connectivity index (χ1n) is 6.23. The lowest BCUT2D eigenvalue weighted by atomic mass is 10.3. The van der Waals surface area contributed by atoms with Gasteiger partial charge in [0, 0.05) is 43.0 Å². The Kier molecular flexibility index (Phi) is 4.58. The van der Waals surface area contributed by atoms with Gasteiger partial charge >= 0.3 is 0 Å². The predicted octanol–water partition coefficient (Wildman–Crippen LogP) is 1.09. The molecule has 0 N–H and O–H groups in total. The highest BCUT2D eigenvalue weighted by molar-refractivity contribution is 7.89. The molecule has 1 fully saturated rings. The molecule has 0 spiro atoms. The second kappa shape index (κ2) is 6.01. The van der Waals surface area contributed by atoms with Gasteiger partial charge in [-0.05, 0) is 13.0 Å². The molecule has 104 valence electrons. The van der Waals surface area contributed by atoms with Crippen molar-refractivity contribution in [3.8, 4) is 6.07 Å². The molecule has 7 heteroatoms. The number of sulfonamides is 1. The van der Waals surface area contributed by atoms with Crippen LogP contribution in [0.1, 0.15) is 17.4 Å². The van der Waals surface area contributed by atoms with Crippen LogP contribution in [-0.4, -0.2) is 49.6 Å². The first-order chi connectivity index (χ1) is 9.05. The van der Waals surface area contributed by atoms with Gasteiger partial charge in [-0.3, -0.25) is 4.90 Å². The van der Waals surface area contributed by atoms with Gasteiger partial charge in [-0.2, -0.15) is 9.57 Å². The summed E-state index contributed by atoms with van der Waals surface area (Å²) in [5.74, 6) is 0.170. The van der Waals surface area contributed by atoms with Crippen LogP contribution < -0.4 is 0 Å². The summed E-state index contributed by atoms with van der Waals surface area (Å²) in [6.07, 6.45) is 0. The third-order valence-electron chi connectivity index (χ3n) is 3.25. The molecule has 2 heterocycles. The van der Waals surface area contributed by atoms with Crippen molar-refractivity contribution in [1.82, 2.24) is 9.21 Å². The fraction of sp³-hybridized carbons (Fsp3) is 0.583. The molecule has 2 rings (SSSR count). The Morgan fingerprint density at radius 2 is 2.05 bits per heavy atom.